The van der Waals surface area contributed by atoms with Crippen LogP contribution in [0.25, 0.3) is 22.0 Å². The van der Waals surface area contributed by atoms with E-state index in [2.05, 4.69) is 28.9 Å². The number of likely N-dealkylation sites (tertiary alicyclic amines) is 1. The number of rotatable bonds is 5. The number of fused-ring (bicyclic) bond motifs is 1. The first kappa shape index (κ1) is 21.5. The molecule has 1 aliphatic rings. The van der Waals surface area contributed by atoms with Crippen LogP contribution in [0.4, 0.5) is 0 Å². The molecule has 0 unspecified atom stereocenters. The van der Waals surface area contributed by atoms with Crippen LogP contribution in [0.1, 0.15) is 24.1 Å². The van der Waals surface area contributed by atoms with Crippen LogP contribution in [0.5, 0.6) is 5.75 Å². The Morgan fingerprint density at radius 1 is 0.879 bits per heavy atom. The molecule has 1 saturated heterocycles. The van der Waals surface area contributed by atoms with Gasteiger partial charge in [0.15, 0.2) is 0 Å². The smallest absolute Gasteiger partial charge is 0.122 e. The number of aromatic nitrogens is 1. The molecule has 3 nitrogen and oxygen atoms in total. The van der Waals surface area contributed by atoms with E-state index in [0.717, 1.165) is 45.6 Å². The third-order valence-electron chi connectivity index (χ3n) is 5.91. The summed E-state index contributed by atoms with van der Waals surface area (Å²) < 4.78 is 5.98. The lowest BCUT2D eigenvalue weighted by molar-refractivity contribution is 0.238. The number of halogens is 1. The van der Waals surface area contributed by atoms with Gasteiger partial charge in [0.2, 0.25) is 0 Å². The molecule has 0 N–H and O–H groups in total. The second-order valence-electron chi connectivity index (χ2n) is 8.26. The van der Waals surface area contributed by atoms with Crippen LogP contribution in [0, 0.1) is 11.8 Å². The predicted molar refractivity (Wildman–Crippen MR) is 136 cm³/mol. The van der Waals surface area contributed by atoms with Crippen LogP contribution in [-0.2, 0) is 0 Å². The summed E-state index contributed by atoms with van der Waals surface area (Å²) in [4.78, 5) is 7.31. The zero-order valence-electron chi connectivity index (χ0n) is 18.4. The normalized spacial score (nSPS) is 13.6. The molecule has 4 aromatic rings. The van der Waals surface area contributed by atoms with Gasteiger partial charge in [0.05, 0.1) is 5.52 Å². The van der Waals surface area contributed by atoms with E-state index in [-0.39, 0.29) is 0 Å². The molecule has 0 amide bonds. The first-order valence-corrected chi connectivity index (χ1v) is 11.8. The third kappa shape index (κ3) is 5.37. The van der Waals surface area contributed by atoms with E-state index in [1.54, 1.807) is 0 Å². The van der Waals surface area contributed by atoms with E-state index in [1.165, 1.54) is 25.9 Å². The minimum absolute atomic E-state index is 0.698. The molecule has 3 aromatic carbocycles. The van der Waals surface area contributed by atoms with Gasteiger partial charge in [-0.2, -0.15) is 0 Å². The third-order valence-corrected chi connectivity index (χ3v) is 6.17. The number of para-hydroxylation sites is 1. The maximum absolute atomic E-state index is 6.10. The monoisotopic (exact) mass is 452 g/mol. The van der Waals surface area contributed by atoms with Gasteiger partial charge in [-0.15, -0.1) is 0 Å². The molecule has 4 heteroatoms. The lowest BCUT2D eigenvalue weighted by atomic mass is 10.0. The van der Waals surface area contributed by atoms with Crippen molar-refractivity contribution in [2.45, 2.75) is 12.8 Å². The van der Waals surface area contributed by atoms with E-state index < -0.39 is 0 Å². The number of hydrogen-bond acceptors (Lipinski definition) is 3. The Morgan fingerprint density at radius 3 is 2.55 bits per heavy atom. The van der Waals surface area contributed by atoms with Gasteiger partial charge in [-0.25, -0.2) is 4.98 Å². The Balaban J connectivity index is 1.41. The fourth-order valence-electron chi connectivity index (χ4n) is 4.15. The van der Waals surface area contributed by atoms with Gasteiger partial charge in [-0.05, 0) is 79.9 Å². The standard InChI is InChI=1S/C29H25ClN2O/c30-25-13-11-23(12-14-25)27-21-24-7-1-2-9-28(24)31-29(27)15-10-22-6-5-8-26(20-22)33-19-18-32-16-3-4-17-32/h1-2,5-9,11-14,20-21H,3-4,16-19H2. The molecule has 0 aliphatic carbocycles. The summed E-state index contributed by atoms with van der Waals surface area (Å²) in [6.07, 6.45) is 2.60. The summed E-state index contributed by atoms with van der Waals surface area (Å²) in [7, 11) is 0. The lowest BCUT2D eigenvalue weighted by Gasteiger charge is -2.14. The molecule has 33 heavy (non-hydrogen) atoms. The fourth-order valence-corrected chi connectivity index (χ4v) is 4.28. The van der Waals surface area contributed by atoms with Crippen molar-refractivity contribution in [2.24, 2.45) is 0 Å². The highest BCUT2D eigenvalue weighted by Gasteiger charge is 2.11. The molecule has 0 bridgehead atoms. The molecule has 1 aromatic heterocycles. The van der Waals surface area contributed by atoms with Crippen molar-refractivity contribution in [1.29, 1.82) is 0 Å². The highest BCUT2D eigenvalue weighted by Crippen LogP contribution is 2.27. The molecule has 0 saturated carbocycles. The summed E-state index contributed by atoms with van der Waals surface area (Å²) in [5.41, 5.74) is 4.62. The molecular weight excluding hydrogens is 428 g/mol. The quantitative estimate of drug-likeness (QED) is 0.326. The second-order valence-corrected chi connectivity index (χ2v) is 8.70. The molecule has 1 fully saturated rings. The first-order chi connectivity index (χ1) is 16.2. The van der Waals surface area contributed by atoms with Gasteiger partial charge >= 0.3 is 0 Å². The molecule has 2 heterocycles. The van der Waals surface area contributed by atoms with Gasteiger partial charge in [0, 0.05) is 28.1 Å². The molecular formula is C29H25ClN2O. The van der Waals surface area contributed by atoms with Crippen molar-refractivity contribution in [3.8, 4) is 28.7 Å². The average molecular weight is 453 g/mol. The number of pyridine rings is 1. The highest BCUT2D eigenvalue weighted by molar-refractivity contribution is 6.30. The van der Waals surface area contributed by atoms with Crippen LogP contribution >= 0.6 is 11.6 Å². The van der Waals surface area contributed by atoms with Crippen molar-refractivity contribution in [1.82, 2.24) is 9.88 Å². The Kier molecular flexibility index (Phi) is 6.58. The summed E-state index contributed by atoms with van der Waals surface area (Å²) in [5.74, 6) is 7.45. The minimum atomic E-state index is 0.698. The van der Waals surface area contributed by atoms with Crippen LogP contribution in [0.3, 0.4) is 0 Å². The number of hydrogen-bond donors (Lipinski definition) is 0. The van der Waals surface area contributed by atoms with Crippen molar-refractivity contribution in [2.75, 3.05) is 26.2 Å². The van der Waals surface area contributed by atoms with Crippen LogP contribution in [0.2, 0.25) is 5.02 Å². The molecule has 164 valence electrons. The zero-order chi connectivity index (χ0) is 22.5. The topological polar surface area (TPSA) is 25.4 Å². The Labute approximate surface area is 200 Å². The largest absolute Gasteiger partial charge is 0.492 e. The highest BCUT2D eigenvalue weighted by atomic mass is 35.5. The van der Waals surface area contributed by atoms with Gasteiger partial charge in [0.25, 0.3) is 0 Å². The molecule has 0 atom stereocenters. The average Bonchev–Trinajstić information content (AvgIpc) is 3.37. The molecule has 0 radical (unpaired) electrons. The minimum Gasteiger partial charge on any atom is -0.492 e. The Hall–Kier alpha value is -3.32. The van der Waals surface area contributed by atoms with Gasteiger partial charge in [-0.3, -0.25) is 4.90 Å². The number of ether oxygens (including phenoxy) is 1. The Bertz CT molecular complexity index is 1320. The van der Waals surface area contributed by atoms with E-state index in [4.69, 9.17) is 21.3 Å². The van der Waals surface area contributed by atoms with Crippen LogP contribution < -0.4 is 4.74 Å². The van der Waals surface area contributed by atoms with E-state index in [0.29, 0.717) is 11.6 Å². The lowest BCUT2D eigenvalue weighted by Crippen LogP contribution is -2.25. The van der Waals surface area contributed by atoms with Crippen molar-refractivity contribution in [3.05, 3.63) is 95.1 Å². The second kappa shape index (κ2) is 10.1. The van der Waals surface area contributed by atoms with E-state index in [1.807, 2.05) is 66.7 Å². The number of nitrogens with zero attached hydrogens (tertiary/aromatic N) is 2. The fraction of sp³-hybridized carbons (Fsp3) is 0.207. The summed E-state index contributed by atoms with van der Waals surface area (Å²) in [6, 6.07) is 26.0. The molecule has 5 rings (SSSR count). The molecule has 0 spiro atoms. The first-order valence-electron chi connectivity index (χ1n) is 11.4. The maximum Gasteiger partial charge on any atom is 0.122 e. The predicted octanol–water partition coefficient (Wildman–Crippen LogP) is 6.43. The van der Waals surface area contributed by atoms with E-state index >= 15 is 0 Å². The Morgan fingerprint density at radius 2 is 1.70 bits per heavy atom. The maximum atomic E-state index is 6.10. The van der Waals surface area contributed by atoms with Crippen LogP contribution in [0.15, 0.2) is 78.9 Å². The molecule has 1 aliphatic heterocycles. The SMILES string of the molecule is Clc1ccc(-c2cc3ccccc3nc2C#Cc2cccc(OCCN3CCCC3)c2)cc1. The zero-order valence-corrected chi connectivity index (χ0v) is 19.2. The van der Waals surface area contributed by atoms with Gasteiger partial charge in [-0.1, -0.05) is 53.9 Å². The van der Waals surface area contributed by atoms with Gasteiger partial charge < -0.3 is 4.74 Å². The van der Waals surface area contributed by atoms with Crippen molar-refractivity contribution in [3.63, 3.8) is 0 Å². The van der Waals surface area contributed by atoms with E-state index in [9.17, 15) is 0 Å². The number of benzene rings is 3. The summed E-state index contributed by atoms with van der Waals surface area (Å²) >= 11 is 6.10. The summed E-state index contributed by atoms with van der Waals surface area (Å²) in [6.45, 7) is 4.04. The summed E-state index contributed by atoms with van der Waals surface area (Å²) in [5, 5.41) is 1.79. The van der Waals surface area contributed by atoms with Crippen molar-refractivity contribution < 1.29 is 4.74 Å². The van der Waals surface area contributed by atoms with Gasteiger partial charge in [0.1, 0.15) is 18.1 Å². The van der Waals surface area contributed by atoms with Crippen molar-refractivity contribution >= 4 is 22.5 Å². The van der Waals surface area contributed by atoms with Crippen LogP contribution in [-0.4, -0.2) is 36.1 Å².